The van der Waals surface area contributed by atoms with Crippen molar-refractivity contribution in [2.45, 2.75) is 6.92 Å². The lowest BCUT2D eigenvalue weighted by Gasteiger charge is -1.98. The molecule has 0 amide bonds. The number of pyridine rings is 1. The van der Waals surface area contributed by atoms with Gasteiger partial charge < -0.3 is 9.52 Å². The minimum Gasteiger partial charge on any atom is -0.478 e. The minimum atomic E-state index is -0.998. The van der Waals surface area contributed by atoms with Crippen molar-refractivity contribution in [3.63, 3.8) is 0 Å². The molecule has 2 aromatic heterocycles. The van der Waals surface area contributed by atoms with Crippen LogP contribution in [0.5, 0.6) is 0 Å². The van der Waals surface area contributed by atoms with Gasteiger partial charge in [0.15, 0.2) is 0 Å². The van der Waals surface area contributed by atoms with Gasteiger partial charge in [0.05, 0.1) is 5.56 Å². The van der Waals surface area contributed by atoms with Crippen LogP contribution in [0.2, 0.25) is 0 Å². The van der Waals surface area contributed by atoms with Gasteiger partial charge in [0, 0.05) is 23.3 Å². The third-order valence-corrected chi connectivity index (χ3v) is 3.01. The Balaban J connectivity index is 2.16. The van der Waals surface area contributed by atoms with Crippen LogP contribution in [-0.2, 0) is 0 Å². The smallest absolute Gasteiger partial charge is 0.337 e. The number of furan rings is 1. The molecule has 0 aliphatic rings. The number of aromatic nitrogens is 1. The average Bonchev–Trinajstić information content (AvgIpc) is 2.84. The maximum absolute atomic E-state index is 10.9. The van der Waals surface area contributed by atoms with E-state index in [-0.39, 0.29) is 5.56 Å². The van der Waals surface area contributed by atoms with E-state index >= 15 is 0 Å². The molecular weight excluding hydrogens is 242 g/mol. The van der Waals surface area contributed by atoms with Gasteiger partial charge in [-0.1, -0.05) is 18.2 Å². The Morgan fingerprint density at radius 1 is 1.26 bits per heavy atom. The molecule has 0 saturated heterocycles. The van der Waals surface area contributed by atoms with Crippen LogP contribution in [0.3, 0.4) is 0 Å². The Hall–Kier alpha value is -2.62. The third kappa shape index (κ3) is 1.97. The van der Waals surface area contributed by atoms with Crippen LogP contribution in [0, 0.1) is 6.92 Å². The first-order valence-electron chi connectivity index (χ1n) is 5.83. The molecule has 19 heavy (non-hydrogen) atoms. The van der Waals surface area contributed by atoms with Gasteiger partial charge in [0.2, 0.25) is 0 Å². The van der Waals surface area contributed by atoms with Crippen molar-refractivity contribution in [3.8, 4) is 11.3 Å². The van der Waals surface area contributed by atoms with Gasteiger partial charge in [-0.25, -0.2) is 4.79 Å². The number of aromatic carboxylic acids is 1. The number of hydrogen-bond donors (Lipinski definition) is 1. The lowest BCUT2D eigenvalue weighted by Crippen LogP contribution is -1.96. The molecule has 0 unspecified atom stereocenters. The van der Waals surface area contributed by atoms with Gasteiger partial charge in [-0.2, -0.15) is 0 Å². The average molecular weight is 253 g/mol. The van der Waals surface area contributed by atoms with Crippen LogP contribution in [-0.4, -0.2) is 16.1 Å². The van der Waals surface area contributed by atoms with E-state index in [2.05, 4.69) is 4.98 Å². The summed E-state index contributed by atoms with van der Waals surface area (Å²) in [5.74, 6) is -0.374. The molecule has 0 saturated carbocycles. The normalized spacial score (nSPS) is 10.8. The quantitative estimate of drug-likeness (QED) is 0.759. The van der Waals surface area contributed by atoms with E-state index < -0.39 is 5.97 Å². The van der Waals surface area contributed by atoms with Crippen LogP contribution in [0.25, 0.3) is 22.3 Å². The van der Waals surface area contributed by atoms with Crippen LogP contribution in [0.4, 0.5) is 0 Å². The maximum Gasteiger partial charge on any atom is 0.337 e. The fraction of sp³-hybridized carbons (Fsp3) is 0.0667. The van der Waals surface area contributed by atoms with Crippen LogP contribution < -0.4 is 0 Å². The number of rotatable bonds is 2. The number of carboxylic acids is 1. The number of aryl methyl sites for hydroxylation is 1. The molecule has 4 heteroatoms. The van der Waals surface area contributed by atoms with Gasteiger partial charge in [0.25, 0.3) is 0 Å². The van der Waals surface area contributed by atoms with Gasteiger partial charge in [0.1, 0.15) is 11.3 Å². The number of nitrogens with zero attached hydrogens (tertiary/aromatic N) is 1. The van der Waals surface area contributed by atoms with Crippen LogP contribution >= 0.6 is 0 Å². The zero-order chi connectivity index (χ0) is 13.4. The maximum atomic E-state index is 10.9. The van der Waals surface area contributed by atoms with Gasteiger partial charge >= 0.3 is 5.97 Å². The highest BCUT2D eigenvalue weighted by Crippen LogP contribution is 2.29. The van der Waals surface area contributed by atoms with Gasteiger partial charge in [-0.3, -0.25) is 4.98 Å². The van der Waals surface area contributed by atoms with E-state index in [1.807, 2.05) is 31.2 Å². The number of benzene rings is 1. The van der Waals surface area contributed by atoms with Crippen molar-refractivity contribution in [3.05, 3.63) is 53.9 Å². The Labute approximate surface area is 109 Å². The summed E-state index contributed by atoms with van der Waals surface area (Å²) in [7, 11) is 0. The third-order valence-electron chi connectivity index (χ3n) is 3.01. The zero-order valence-electron chi connectivity index (χ0n) is 10.3. The highest BCUT2D eigenvalue weighted by Gasteiger charge is 2.10. The summed E-state index contributed by atoms with van der Waals surface area (Å²) >= 11 is 0. The van der Waals surface area contributed by atoms with Crippen molar-refractivity contribution >= 4 is 16.9 Å². The van der Waals surface area contributed by atoms with E-state index in [4.69, 9.17) is 9.52 Å². The highest BCUT2D eigenvalue weighted by atomic mass is 16.4. The molecule has 0 bridgehead atoms. The topological polar surface area (TPSA) is 63.3 Å². The van der Waals surface area contributed by atoms with E-state index in [0.717, 1.165) is 16.5 Å². The molecule has 1 N–H and O–H groups in total. The fourth-order valence-corrected chi connectivity index (χ4v) is 2.04. The van der Waals surface area contributed by atoms with E-state index in [9.17, 15) is 4.79 Å². The minimum absolute atomic E-state index is 0.148. The molecule has 94 valence electrons. The second-order valence-corrected chi connectivity index (χ2v) is 4.37. The summed E-state index contributed by atoms with van der Waals surface area (Å²) in [4.78, 5) is 14.9. The monoisotopic (exact) mass is 253 g/mol. The summed E-state index contributed by atoms with van der Waals surface area (Å²) in [6, 6.07) is 9.35. The zero-order valence-corrected chi connectivity index (χ0v) is 10.3. The van der Waals surface area contributed by atoms with Crippen LogP contribution in [0.15, 0.2) is 47.1 Å². The molecule has 0 aliphatic carbocycles. The van der Waals surface area contributed by atoms with Crippen molar-refractivity contribution in [2.75, 3.05) is 0 Å². The number of fused-ring (bicyclic) bond motifs is 1. The summed E-state index contributed by atoms with van der Waals surface area (Å²) in [6.07, 6.45) is 2.92. The first-order valence-corrected chi connectivity index (χ1v) is 5.83. The molecular formula is C15H11NO3. The lowest BCUT2D eigenvalue weighted by atomic mass is 10.1. The molecule has 2 heterocycles. The summed E-state index contributed by atoms with van der Waals surface area (Å²) in [5, 5.41) is 9.97. The standard InChI is InChI=1S/C15H11NO3/c1-9-3-2-4-10-6-13(19-14(9)10)11-5-12(15(17)18)8-16-7-11/h2-8H,1H3,(H,17,18). The predicted molar refractivity (Wildman–Crippen MR) is 71.1 cm³/mol. The Morgan fingerprint density at radius 2 is 2.11 bits per heavy atom. The molecule has 0 spiro atoms. The molecule has 0 fully saturated rings. The van der Waals surface area contributed by atoms with E-state index in [1.54, 1.807) is 12.3 Å². The molecule has 3 aromatic rings. The van der Waals surface area contributed by atoms with Crippen molar-refractivity contribution in [1.29, 1.82) is 0 Å². The molecule has 1 aromatic carbocycles. The van der Waals surface area contributed by atoms with Crippen molar-refractivity contribution in [1.82, 2.24) is 4.98 Å². The SMILES string of the molecule is Cc1cccc2cc(-c3cncc(C(=O)O)c3)oc12. The van der Waals surface area contributed by atoms with E-state index in [0.29, 0.717) is 11.3 Å². The predicted octanol–water partition coefficient (Wildman–Crippen LogP) is 3.50. The summed E-state index contributed by atoms with van der Waals surface area (Å²) in [6.45, 7) is 1.97. The van der Waals surface area contributed by atoms with Crippen LogP contribution in [0.1, 0.15) is 15.9 Å². The van der Waals surface area contributed by atoms with Gasteiger partial charge in [-0.05, 0) is 24.6 Å². The summed E-state index contributed by atoms with van der Waals surface area (Å²) < 4.78 is 5.79. The molecule has 0 atom stereocenters. The first kappa shape index (κ1) is 11.5. The largest absolute Gasteiger partial charge is 0.478 e. The first-order chi connectivity index (χ1) is 9.15. The molecule has 3 rings (SSSR count). The molecule has 4 nitrogen and oxygen atoms in total. The van der Waals surface area contributed by atoms with Crippen molar-refractivity contribution in [2.24, 2.45) is 0 Å². The highest BCUT2D eigenvalue weighted by molar-refractivity contribution is 5.90. The van der Waals surface area contributed by atoms with E-state index in [1.165, 1.54) is 6.20 Å². The molecule has 0 aliphatic heterocycles. The number of para-hydroxylation sites is 1. The molecule has 0 radical (unpaired) electrons. The second kappa shape index (κ2) is 4.24. The Kier molecular flexibility index (Phi) is 2.56. The van der Waals surface area contributed by atoms with Crippen molar-refractivity contribution < 1.29 is 14.3 Å². The number of hydrogen-bond acceptors (Lipinski definition) is 3. The van der Waals surface area contributed by atoms with Gasteiger partial charge in [-0.15, -0.1) is 0 Å². The number of carboxylic acid groups (broad SMARTS) is 1. The number of carbonyl (C=O) groups is 1. The second-order valence-electron chi connectivity index (χ2n) is 4.37. The Bertz CT molecular complexity index is 774. The fourth-order valence-electron chi connectivity index (χ4n) is 2.04. The Morgan fingerprint density at radius 3 is 2.84 bits per heavy atom. The lowest BCUT2D eigenvalue weighted by molar-refractivity contribution is 0.0696. The summed E-state index contributed by atoms with van der Waals surface area (Å²) in [5.41, 5.74) is 2.68.